The molecule has 0 saturated carbocycles. The molecular weight excluding hydrogens is 388 g/mol. The van der Waals surface area contributed by atoms with Gasteiger partial charge in [0.15, 0.2) is 0 Å². The van der Waals surface area contributed by atoms with Crippen molar-refractivity contribution in [3.63, 3.8) is 0 Å². The van der Waals surface area contributed by atoms with Crippen molar-refractivity contribution < 1.29 is 9.72 Å². The van der Waals surface area contributed by atoms with Gasteiger partial charge in [0.25, 0.3) is 11.2 Å². The van der Waals surface area contributed by atoms with Crippen molar-refractivity contribution in [2.45, 2.75) is 5.92 Å². The van der Waals surface area contributed by atoms with Crippen LogP contribution in [0.15, 0.2) is 59.4 Å². The Balaban J connectivity index is 1.80. The highest BCUT2D eigenvalue weighted by Crippen LogP contribution is 2.38. The first-order valence-electron chi connectivity index (χ1n) is 8.89. The highest BCUT2D eigenvalue weighted by atomic mass is 16.6. The predicted molar refractivity (Wildman–Crippen MR) is 107 cm³/mol. The van der Waals surface area contributed by atoms with Crippen molar-refractivity contribution in [2.24, 2.45) is 5.92 Å². The number of hydrogen-bond donors (Lipinski definition) is 3. The lowest BCUT2D eigenvalue weighted by atomic mass is 9.79. The maximum Gasteiger partial charge on any atom is 0.269 e. The van der Waals surface area contributed by atoms with Crippen molar-refractivity contribution in [3.05, 3.63) is 86.2 Å². The standard InChI is InChI=1S/C20H14N6O4/c21-10-14-15(11-6-8-13(9-7-11)26(29)30)16-17(23-18(14)27)24-20(25-19(16)28)22-12-4-2-1-3-5-12/h1-9,14-15H,(H3,22,23,24,25,27,28)/t14-,15-/m1/s1. The molecule has 30 heavy (non-hydrogen) atoms. The Kier molecular flexibility index (Phi) is 4.69. The van der Waals surface area contributed by atoms with Gasteiger partial charge in [-0.2, -0.15) is 10.2 Å². The molecule has 1 amide bonds. The predicted octanol–water partition coefficient (Wildman–Crippen LogP) is 2.65. The summed E-state index contributed by atoms with van der Waals surface area (Å²) < 4.78 is 0. The fourth-order valence-electron chi connectivity index (χ4n) is 3.39. The van der Waals surface area contributed by atoms with E-state index in [4.69, 9.17) is 0 Å². The largest absolute Gasteiger partial charge is 0.326 e. The van der Waals surface area contributed by atoms with Crippen LogP contribution in [0.1, 0.15) is 17.0 Å². The summed E-state index contributed by atoms with van der Waals surface area (Å²) in [7, 11) is 0. The number of nitriles is 1. The second kappa shape index (κ2) is 7.48. The van der Waals surface area contributed by atoms with Crippen LogP contribution in [0.5, 0.6) is 0 Å². The molecule has 0 spiro atoms. The van der Waals surface area contributed by atoms with Gasteiger partial charge in [0, 0.05) is 23.7 Å². The second-order valence-electron chi connectivity index (χ2n) is 6.59. The topological polar surface area (TPSA) is 154 Å². The van der Waals surface area contributed by atoms with Gasteiger partial charge in [0.1, 0.15) is 11.7 Å². The Morgan fingerprint density at radius 1 is 1.10 bits per heavy atom. The number of nitro groups is 1. The maximum atomic E-state index is 12.9. The number of nitrogens with zero attached hydrogens (tertiary/aromatic N) is 3. The number of non-ortho nitro benzene ring substituents is 1. The van der Waals surface area contributed by atoms with Gasteiger partial charge in [-0.15, -0.1) is 0 Å². The third kappa shape index (κ3) is 3.35. The highest BCUT2D eigenvalue weighted by Gasteiger charge is 2.40. The average Bonchev–Trinajstić information content (AvgIpc) is 2.73. The zero-order valence-corrected chi connectivity index (χ0v) is 15.3. The molecule has 0 saturated heterocycles. The number of nitrogens with one attached hydrogen (secondary N) is 3. The Hall–Kier alpha value is -4.52. The average molecular weight is 402 g/mol. The molecule has 0 radical (unpaired) electrons. The lowest BCUT2D eigenvalue weighted by Gasteiger charge is -2.28. The number of rotatable bonds is 4. The van der Waals surface area contributed by atoms with Crippen molar-refractivity contribution in [1.29, 1.82) is 5.26 Å². The second-order valence-corrected chi connectivity index (χ2v) is 6.59. The molecule has 3 N–H and O–H groups in total. The Labute approximate surface area is 169 Å². The third-order valence-corrected chi connectivity index (χ3v) is 4.76. The lowest BCUT2D eigenvalue weighted by molar-refractivity contribution is -0.384. The third-order valence-electron chi connectivity index (χ3n) is 4.76. The van der Waals surface area contributed by atoms with Crippen molar-refractivity contribution in [1.82, 2.24) is 9.97 Å². The number of aromatic amines is 1. The van der Waals surface area contributed by atoms with E-state index in [9.17, 15) is 25.0 Å². The van der Waals surface area contributed by atoms with Gasteiger partial charge in [0.2, 0.25) is 11.9 Å². The number of aromatic nitrogens is 2. The zero-order valence-electron chi connectivity index (χ0n) is 15.3. The minimum atomic E-state index is -1.19. The number of carbonyl (C=O) groups is 1. The van der Waals surface area contributed by atoms with Crippen LogP contribution in [-0.2, 0) is 4.79 Å². The fraction of sp³-hybridized carbons (Fsp3) is 0.100. The molecule has 148 valence electrons. The highest BCUT2D eigenvalue weighted by molar-refractivity contribution is 5.98. The van der Waals surface area contributed by atoms with E-state index in [1.807, 2.05) is 24.3 Å². The first-order chi connectivity index (χ1) is 14.5. The van der Waals surface area contributed by atoms with Crippen LogP contribution in [0, 0.1) is 27.4 Å². The van der Waals surface area contributed by atoms with Crippen LogP contribution < -0.4 is 16.2 Å². The lowest BCUT2D eigenvalue weighted by Crippen LogP contribution is -2.38. The molecule has 0 bridgehead atoms. The molecule has 1 aliphatic rings. The molecule has 0 unspecified atom stereocenters. The Morgan fingerprint density at radius 3 is 2.43 bits per heavy atom. The first-order valence-corrected chi connectivity index (χ1v) is 8.89. The smallest absolute Gasteiger partial charge is 0.269 e. The minimum absolute atomic E-state index is 0.0389. The van der Waals surface area contributed by atoms with Crippen molar-refractivity contribution in [3.8, 4) is 6.07 Å². The van der Waals surface area contributed by atoms with E-state index >= 15 is 0 Å². The zero-order chi connectivity index (χ0) is 21.3. The summed E-state index contributed by atoms with van der Waals surface area (Å²) in [5.41, 5.74) is 0.571. The Bertz CT molecular complexity index is 1230. The summed E-state index contributed by atoms with van der Waals surface area (Å²) >= 11 is 0. The molecule has 3 aromatic rings. The molecule has 10 heteroatoms. The molecule has 0 fully saturated rings. The molecule has 4 rings (SSSR count). The van der Waals surface area contributed by atoms with Gasteiger partial charge in [-0.3, -0.25) is 24.7 Å². The van der Waals surface area contributed by atoms with Crippen molar-refractivity contribution >= 4 is 29.0 Å². The number of hydrogen-bond acceptors (Lipinski definition) is 7. The van der Waals surface area contributed by atoms with E-state index in [0.717, 1.165) is 0 Å². The maximum absolute atomic E-state index is 12.9. The number of fused-ring (bicyclic) bond motifs is 1. The minimum Gasteiger partial charge on any atom is -0.326 e. The molecular formula is C20H14N6O4. The molecule has 2 aromatic carbocycles. The van der Waals surface area contributed by atoms with Gasteiger partial charge in [-0.05, 0) is 17.7 Å². The van der Waals surface area contributed by atoms with Crippen LogP contribution in [0.2, 0.25) is 0 Å². The van der Waals surface area contributed by atoms with Gasteiger partial charge in [0.05, 0.1) is 16.6 Å². The van der Waals surface area contributed by atoms with Crippen LogP contribution in [0.3, 0.4) is 0 Å². The number of anilines is 3. The van der Waals surface area contributed by atoms with Gasteiger partial charge in [-0.1, -0.05) is 30.3 Å². The van der Waals surface area contributed by atoms with Gasteiger partial charge >= 0.3 is 0 Å². The first kappa shape index (κ1) is 18.8. The molecule has 2 heterocycles. The summed E-state index contributed by atoms with van der Waals surface area (Å²) in [5.74, 6) is -2.53. The summed E-state index contributed by atoms with van der Waals surface area (Å²) in [5, 5.41) is 25.9. The number of carbonyl (C=O) groups excluding carboxylic acids is 1. The van der Waals surface area contributed by atoms with E-state index < -0.39 is 28.2 Å². The quantitative estimate of drug-likeness (QED) is 0.448. The van der Waals surface area contributed by atoms with E-state index in [0.29, 0.717) is 11.3 Å². The van der Waals surface area contributed by atoms with E-state index in [-0.39, 0.29) is 23.0 Å². The van der Waals surface area contributed by atoms with Gasteiger partial charge in [-0.25, -0.2) is 0 Å². The summed E-state index contributed by atoms with van der Waals surface area (Å²) in [6.45, 7) is 0. The monoisotopic (exact) mass is 402 g/mol. The Morgan fingerprint density at radius 2 is 1.80 bits per heavy atom. The number of benzene rings is 2. The summed E-state index contributed by atoms with van der Waals surface area (Å²) in [6.07, 6.45) is 0. The molecule has 10 nitrogen and oxygen atoms in total. The van der Waals surface area contributed by atoms with Crippen molar-refractivity contribution in [2.75, 3.05) is 10.6 Å². The van der Waals surface area contributed by atoms with Crippen LogP contribution in [0.4, 0.5) is 23.1 Å². The fourth-order valence-corrected chi connectivity index (χ4v) is 3.39. The number of para-hydroxylation sites is 1. The van der Waals surface area contributed by atoms with E-state index in [2.05, 4.69) is 20.6 Å². The van der Waals surface area contributed by atoms with Crippen LogP contribution in [0.25, 0.3) is 0 Å². The summed E-state index contributed by atoms with van der Waals surface area (Å²) in [4.78, 5) is 42.7. The molecule has 2 atom stereocenters. The van der Waals surface area contributed by atoms with Crippen LogP contribution >= 0.6 is 0 Å². The number of nitro benzene ring substituents is 1. The number of H-pyrrole nitrogens is 1. The van der Waals surface area contributed by atoms with Gasteiger partial charge < -0.3 is 10.6 Å². The van der Waals surface area contributed by atoms with E-state index in [1.54, 1.807) is 12.1 Å². The SMILES string of the molecule is N#C[C@H]1C(=O)Nc2nc(Nc3ccccc3)[nH]c(=O)c2[C@@H]1c1ccc([N+](=O)[O-])cc1. The number of amides is 1. The normalized spacial score (nSPS) is 17.4. The molecule has 0 aliphatic carbocycles. The van der Waals surface area contributed by atoms with E-state index in [1.165, 1.54) is 24.3 Å². The molecule has 1 aliphatic heterocycles. The summed E-state index contributed by atoms with van der Waals surface area (Å²) in [6, 6.07) is 16.3. The van der Waals surface area contributed by atoms with Crippen LogP contribution in [-0.4, -0.2) is 20.8 Å². The molecule has 1 aromatic heterocycles.